The minimum Gasteiger partial charge on any atom is -0.454 e. The fourth-order valence-electron chi connectivity index (χ4n) is 2.58. The first-order chi connectivity index (χ1) is 11.0. The molecule has 0 saturated carbocycles. The summed E-state index contributed by atoms with van der Waals surface area (Å²) in [4.78, 5) is 12.6. The summed E-state index contributed by atoms with van der Waals surface area (Å²) in [6, 6.07) is 12.4. The third kappa shape index (κ3) is 3.42. The summed E-state index contributed by atoms with van der Waals surface area (Å²) in [6.07, 6.45) is 0. The maximum absolute atomic E-state index is 12.6. The molecule has 1 aliphatic heterocycles. The number of halogens is 1. The van der Waals surface area contributed by atoms with Crippen molar-refractivity contribution in [1.29, 1.82) is 0 Å². The Morgan fingerprint density at radius 1 is 1.09 bits per heavy atom. The topological polar surface area (TPSA) is 44.8 Å². The van der Waals surface area contributed by atoms with Crippen molar-refractivity contribution in [2.75, 3.05) is 6.79 Å². The van der Waals surface area contributed by atoms with Gasteiger partial charge in [0.25, 0.3) is 0 Å². The standard InChI is InChI=1S/C18H17ClO4/c1-11(2)17(12-3-5-13(19)6-4-12)18(20)23-14-7-8-15-16(9-14)22-10-21-15/h3-9,11,17H,10H2,1-2H3/t17-/m0/s1. The lowest BCUT2D eigenvalue weighted by Gasteiger charge is -2.20. The van der Waals surface area contributed by atoms with Crippen LogP contribution in [0.3, 0.4) is 0 Å². The fourth-order valence-corrected chi connectivity index (χ4v) is 2.71. The summed E-state index contributed by atoms with van der Waals surface area (Å²) in [5, 5.41) is 0.639. The van der Waals surface area contributed by atoms with Crippen LogP contribution in [0.25, 0.3) is 0 Å². The van der Waals surface area contributed by atoms with Gasteiger partial charge in [-0.2, -0.15) is 0 Å². The van der Waals surface area contributed by atoms with E-state index in [9.17, 15) is 4.79 Å². The number of benzene rings is 2. The SMILES string of the molecule is CC(C)[C@H](C(=O)Oc1ccc2c(c1)OCO2)c1ccc(Cl)cc1. The van der Waals surface area contributed by atoms with Crippen molar-refractivity contribution < 1.29 is 19.0 Å². The molecule has 1 aliphatic rings. The lowest BCUT2D eigenvalue weighted by Crippen LogP contribution is -2.23. The molecule has 2 aromatic carbocycles. The van der Waals surface area contributed by atoms with E-state index in [0.29, 0.717) is 22.3 Å². The Bertz CT molecular complexity index is 709. The predicted molar refractivity (Wildman–Crippen MR) is 87.2 cm³/mol. The number of carbonyl (C=O) groups is 1. The molecule has 3 rings (SSSR count). The number of ether oxygens (including phenoxy) is 3. The Hall–Kier alpha value is -2.20. The van der Waals surface area contributed by atoms with E-state index in [-0.39, 0.29) is 24.6 Å². The predicted octanol–water partition coefficient (Wildman–Crippen LogP) is 4.41. The highest BCUT2D eigenvalue weighted by molar-refractivity contribution is 6.30. The van der Waals surface area contributed by atoms with E-state index in [1.165, 1.54) is 0 Å². The average molecular weight is 333 g/mol. The number of hydrogen-bond donors (Lipinski definition) is 0. The van der Waals surface area contributed by atoms with Gasteiger partial charge >= 0.3 is 5.97 Å². The zero-order chi connectivity index (χ0) is 16.4. The maximum Gasteiger partial charge on any atom is 0.319 e. The molecule has 120 valence electrons. The van der Waals surface area contributed by atoms with Gasteiger partial charge in [-0.25, -0.2) is 0 Å². The second-order valence-electron chi connectivity index (χ2n) is 5.71. The van der Waals surface area contributed by atoms with Crippen LogP contribution < -0.4 is 14.2 Å². The van der Waals surface area contributed by atoms with Gasteiger partial charge in [0.15, 0.2) is 11.5 Å². The lowest BCUT2D eigenvalue weighted by atomic mass is 9.88. The molecular weight excluding hydrogens is 316 g/mol. The zero-order valence-electron chi connectivity index (χ0n) is 12.9. The molecule has 0 fully saturated rings. The minimum absolute atomic E-state index is 0.0951. The summed E-state index contributed by atoms with van der Waals surface area (Å²) in [6.45, 7) is 4.16. The van der Waals surface area contributed by atoms with Gasteiger partial charge in [0.2, 0.25) is 6.79 Å². The van der Waals surface area contributed by atoms with Crippen LogP contribution >= 0.6 is 11.6 Å². The summed E-state index contributed by atoms with van der Waals surface area (Å²) < 4.78 is 16.1. The first kappa shape index (κ1) is 15.7. The molecule has 0 unspecified atom stereocenters. The van der Waals surface area contributed by atoms with Crippen molar-refractivity contribution in [1.82, 2.24) is 0 Å². The van der Waals surface area contributed by atoms with Gasteiger partial charge in [-0.05, 0) is 35.7 Å². The molecule has 0 radical (unpaired) electrons. The van der Waals surface area contributed by atoms with E-state index in [1.807, 2.05) is 26.0 Å². The molecule has 0 bridgehead atoms. The summed E-state index contributed by atoms with van der Waals surface area (Å²) >= 11 is 5.92. The number of hydrogen-bond acceptors (Lipinski definition) is 4. The number of rotatable bonds is 4. The van der Waals surface area contributed by atoms with E-state index in [1.54, 1.807) is 30.3 Å². The van der Waals surface area contributed by atoms with Crippen molar-refractivity contribution in [3.63, 3.8) is 0 Å². The van der Waals surface area contributed by atoms with Crippen LogP contribution in [0, 0.1) is 5.92 Å². The Morgan fingerprint density at radius 2 is 1.78 bits per heavy atom. The number of fused-ring (bicyclic) bond motifs is 1. The van der Waals surface area contributed by atoms with Crippen LogP contribution in [0.1, 0.15) is 25.3 Å². The van der Waals surface area contributed by atoms with Gasteiger partial charge in [-0.1, -0.05) is 37.6 Å². The highest BCUT2D eigenvalue weighted by Crippen LogP contribution is 2.36. The third-order valence-electron chi connectivity index (χ3n) is 3.71. The molecular formula is C18H17ClO4. The molecule has 0 N–H and O–H groups in total. The average Bonchev–Trinajstić information content (AvgIpc) is 2.96. The molecule has 0 aromatic heterocycles. The van der Waals surface area contributed by atoms with Gasteiger partial charge in [0.05, 0.1) is 5.92 Å². The third-order valence-corrected chi connectivity index (χ3v) is 3.96. The van der Waals surface area contributed by atoms with Crippen LogP contribution in [0.2, 0.25) is 5.02 Å². The van der Waals surface area contributed by atoms with Gasteiger partial charge in [0, 0.05) is 11.1 Å². The van der Waals surface area contributed by atoms with Crippen LogP contribution in [-0.4, -0.2) is 12.8 Å². The summed E-state index contributed by atoms with van der Waals surface area (Å²) in [5.41, 5.74) is 0.884. The molecule has 1 heterocycles. The van der Waals surface area contributed by atoms with Gasteiger partial charge < -0.3 is 14.2 Å². The number of carbonyl (C=O) groups excluding carboxylic acids is 1. The van der Waals surface area contributed by atoms with Crippen molar-refractivity contribution >= 4 is 17.6 Å². The van der Waals surface area contributed by atoms with Crippen molar-refractivity contribution in [2.45, 2.75) is 19.8 Å². The Kier molecular flexibility index (Phi) is 4.44. The molecule has 0 spiro atoms. The van der Waals surface area contributed by atoms with Crippen molar-refractivity contribution in [3.05, 3.63) is 53.1 Å². The Labute approximate surface area is 139 Å². The van der Waals surface area contributed by atoms with E-state index in [0.717, 1.165) is 5.56 Å². The maximum atomic E-state index is 12.6. The van der Waals surface area contributed by atoms with Gasteiger partial charge in [0.1, 0.15) is 5.75 Å². The molecule has 0 amide bonds. The zero-order valence-corrected chi connectivity index (χ0v) is 13.7. The molecule has 2 aromatic rings. The van der Waals surface area contributed by atoms with Gasteiger partial charge in [-0.3, -0.25) is 4.79 Å². The van der Waals surface area contributed by atoms with Crippen LogP contribution in [0.4, 0.5) is 0 Å². The molecule has 0 aliphatic carbocycles. The second-order valence-corrected chi connectivity index (χ2v) is 6.15. The van der Waals surface area contributed by atoms with Crippen molar-refractivity contribution in [3.8, 4) is 17.2 Å². The van der Waals surface area contributed by atoms with Crippen molar-refractivity contribution in [2.24, 2.45) is 5.92 Å². The molecule has 5 heteroatoms. The van der Waals surface area contributed by atoms with E-state index in [4.69, 9.17) is 25.8 Å². The summed E-state index contributed by atoms with van der Waals surface area (Å²) in [5.74, 6) is 1.11. The lowest BCUT2D eigenvalue weighted by molar-refractivity contribution is -0.137. The van der Waals surface area contributed by atoms with E-state index >= 15 is 0 Å². The highest BCUT2D eigenvalue weighted by Gasteiger charge is 2.27. The quantitative estimate of drug-likeness (QED) is 0.614. The first-order valence-electron chi connectivity index (χ1n) is 7.41. The van der Waals surface area contributed by atoms with E-state index < -0.39 is 0 Å². The summed E-state index contributed by atoms with van der Waals surface area (Å²) in [7, 11) is 0. The normalized spacial score (nSPS) is 13.9. The monoisotopic (exact) mass is 332 g/mol. The minimum atomic E-state index is -0.363. The largest absolute Gasteiger partial charge is 0.454 e. The van der Waals surface area contributed by atoms with Crippen LogP contribution in [0.5, 0.6) is 17.2 Å². The fraction of sp³-hybridized carbons (Fsp3) is 0.278. The van der Waals surface area contributed by atoms with Crippen LogP contribution in [-0.2, 0) is 4.79 Å². The first-order valence-corrected chi connectivity index (χ1v) is 7.79. The smallest absolute Gasteiger partial charge is 0.319 e. The van der Waals surface area contributed by atoms with E-state index in [2.05, 4.69) is 0 Å². The number of esters is 1. The molecule has 4 nitrogen and oxygen atoms in total. The Balaban J connectivity index is 1.80. The van der Waals surface area contributed by atoms with Gasteiger partial charge in [-0.15, -0.1) is 0 Å². The highest BCUT2D eigenvalue weighted by atomic mass is 35.5. The van der Waals surface area contributed by atoms with Crippen LogP contribution in [0.15, 0.2) is 42.5 Å². The second kappa shape index (κ2) is 6.50. The molecule has 0 saturated heterocycles. The molecule has 23 heavy (non-hydrogen) atoms. The molecule has 1 atom stereocenters. The Morgan fingerprint density at radius 3 is 2.48 bits per heavy atom.